The van der Waals surface area contributed by atoms with Crippen LogP contribution in [0.1, 0.15) is 40.0 Å². The Kier molecular flexibility index (Phi) is 6.68. The third-order valence-corrected chi connectivity index (χ3v) is 5.00. The average molecular weight is 354 g/mol. The Morgan fingerprint density at radius 2 is 1.80 bits per heavy atom. The minimum Gasteiger partial charge on any atom is -0.391 e. The number of likely N-dealkylation sites (N-methyl/N-ethyl adjacent to an activating group) is 1. The van der Waals surface area contributed by atoms with Gasteiger partial charge in [0, 0.05) is 45.7 Å². The van der Waals surface area contributed by atoms with Gasteiger partial charge >= 0.3 is 6.03 Å². The van der Waals surface area contributed by atoms with E-state index < -0.39 is 12.1 Å². The van der Waals surface area contributed by atoms with E-state index >= 15 is 0 Å². The molecule has 0 aliphatic carbocycles. The van der Waals surface area contributed by atoms with Gasteiger partial charge in [-0.15, -0.1) is 0 Å². The molecule has 144 valence electrons. The Labute approximate surface area is 151 Å². The van der Waals surface area contributed by atoms with E-state index in [1.165, 1.54) is 0 Å². The number of likely N-dealkylation sites (tertiary alicyclic amines) is 1. The van der Waals surface area contributed by atoms with Crippen molar-refractivity contribution >= 4 is 11.9 Å². The van der Waals surface area contributed by atoms with Crippen LogP contribution in [0.3, 0.4) is 0 Å². The number of amides is 3. The van der Waals surface area contributed by atoms with Crippen LogP contribution in [-0.2, 0) is 4.79 Å². The molecule has 0 aromatic carbocycles. The fourth-order valence-electron chi connectivity index (χ4n) is 3.40. The van der Waals surface area contributed by atoms with Crippen molar-refractivity contribution in [1.29, 1.82) is 0 Å². The highest BCUT2D eigenvalue weighted by Crippen LogP contribution is 2.22. The number of nitrogens with one attached hydrogen (secondary N) is 1. The maximum atomic E-state index is 12.8. The van der Waals surface area contributed by atoms with E-state index in [0.717, 1.165) is 25.9 Å². The lowest BCUT2D eigenvalue weighted by Gasteiger charge is -2.36. The van der Waals surface area contributed by atoms with Gasteiger partial charge in [-0.2, -0.15) is 0 Å². The number of rotatable bonds is 4. The number of β-amino-alcohol motifs (C(OH)–C–C–N with tert-alkyl or cyclic N) is 1. The van der Waals surface area contributed by atoms with Crippen molar-refractivity contribution in [1.82, 2.24) is 20.0 Å². The van der Waals surface area contributed by atoms with Crippen LogP contribution in [0.15, 0.2) is 0 Å². The second-order valence-corrected chi connectivity index (χ2v) is 8.59. The maximum absolute atomic E-state index is 12.8. The molecule has 2 aliphatic heterocycles. The summed E-state index contributed by atoms with van der Waals surface area (Å²) >= 11 is 0. The molecule has 2 atom stereocenters. The third-order valence-electron chi connectivity index (χ3n) is 5.00. The van der Waals surface area contributed by atoms with Crippen LogP contribution in [0.5, 0.6) is 0 Å². The summed E-state index contributed by atoms with van der Waals surface area (Å²) in [6.07, 6.45) is 1.65. The summed E-state index contributed by atoms with van der Waals surface area (Å²) in [5.41, 5.74) is 0.248. The molecule has 2 N–H and O–H groups in total. The highest BCUT2D eigenvalue weighted by molar-refractivity contribution is 5.87. The van der Waals surface area contributed by atoms with Gasteiger partial charge in [-0.25, -0.2) is 4.79 Å². The Hall–Kier alpha value is -1.34. The lowest BCUT2D eigenvalue weighted by Crippen LogP contribution is -2.55. The minimum absolute atomic E-state index is 0.125. The van der Waals surface area contributed by atoms with Gasteiger partial charge < -0.3 is 25.1 Å². The van der Waals surface area contributed by atoms with Crippen molar-refractivity contribution in [2.24, 2.45) is 5.41 Å². The molecule has 2 saturated heterocycles. The van der Waals surface area contributed by atoms with Crippen LogP contribution in [0.4, 0.5) is 4.79 Å². The molecule has 7 heteroatoms. The van der Waals surface area contributed by atoms with Gasteiger partial charge in [-0.1, -0.05) is 20.8 Å². The molecule has 25 heavy (non-hydrogen) atoms. The van der Waals surface area contributed by atoms with Crippen molar-refractivity contribution in [2.75, 3.05) is 46.3 Å². The number of piperazine rings is 1. The molecule has 2 aliphatic rings. The van der Waals surface area contributed by atoms with Gasteiger partial charge in [0.25, 0.3) is 0 Å². The molecule has 0 saturated carbocycles. The Morgan fingerprint density at radius 1 is 1.16 bits per heavy atom. The number of aliphatic hydroxyl groups excluding tert-OH is 1. The molecule has 0 spiro atoms. The van der Waals surface area contributed by atoms with Gasteiger partial charge in [0.2, 0.25) is 5.91 Å². The first-order chi connectivity index (χ1) is 11.7. The molecule has 2 rings (SSSR count). The monoisotopic (exact) mass is 354 g/mol. The SMILES string of the molecule is CN1CCN(C(=O)N2C[C@H](O)CC2C(=O)NCCCC(C)(C)C)CC1. The number of aliphatic hydroxyl groups is 1. The van der Waals surface area contributed by atoms with E-state index in [9.17, 15) is 14.7 Å². The summed E-state index contributed by atoms with van der Waals surface area (Å²) in [4.78, 5) is 30.8. The molecule has 3 amide bonds. The summed E-state index contributed by atoms with van der Waals surface area (Å²) in [5, 5.41) is 12.9. The first kappa shape index (κ1) is 20.0. The molecular formula is C18H34N4O3. The Morgan fingerprint density at radius 3 is 2.40 bits per heavy atom. The Bertz CT molecular complexity index is 469. The van der Waals surface area contributed by atoms with E-state index in [1.807, 2.05) is 7.05 Å². The predicted molar refractivity (Wildman–Crippen MR) is 97.3 cm³/mol. The first-order valence-corrected chi connectivity index (χ1v) is 9.37. The van der Waals surface area contributed by atoms with Crippen molar-refractivity contribution in [2.45, 2.75) is 52.2 Å². The van der Waals surface area contributed by atoms with Crippen LogP contribution in [-0.4, -0.2) is 90.2 Å². The van der Waals surface area contributed by atoms with Crippen molar-refractivity contribution in [3.63, 3.8) is 0 Å². The highest BCUT2D eigenvalue weighted by Gasteiger charge is 2.40. The summed E-state index contributed by atoms with van der Waals surface area (Å²) in [6.45, 7) is 10.4. The smallest absolute Gasteiger partial charge is 0.320 e. The molecule has 0 radical (unpaired) electrons. The average Bonchev–Trinajstić information content (AvgIpc) is 2.92. The normalized spacial score (nSPS) is 25.3. The summed E-state index contributed by atoms with van der Waals surface area (Å²) in [6, 6.07) is -0.684. The second-order valence-electron chi connectivity index (χ2n) is 8.59. The molecule has 0 aromatic heterocycles. The zero-order valence-corrected chi connectivity index (χ0v) is 16.1. The number of carbonyl (C=O) groups excluding carboxylic acids is 2. The quantitative estimate of drug-likeness (QED) is 0.730. The van der Waals surface area contributed by atoms with Crippen LogP contribution in [0.2, 0.25) is 0 Å². The van der Waals surface area contributed by atoms with Crippen molar-refractivity contribution in [3.8, 4) is 0 Å². The molecule has 0 aromatic rings. The maximum Gasteiger partial charge on any atom is 0.320 e. The van der Waals surface area contributed by atoms with Crippen LogP contribution < -0.4 is 5.32 Å². The van der Waals surface area contributed by atoms with E-state index in [1.54, 1.807) is 9.80 Å². The van der Waals surface area contributed by atoms with Gasteiger partial charge in [-0.05, 0) is 25.3 Å². The standard InChI is InChI=1S/C18H34N4O3/c1-18(2,3)6-5-7-19-16(24)15-12-14(23)13-22(15)17(25)21-10-8-20(4)9-11-21/h14-15,23H,5-13H2,1-4H3,(H,19,24)/t14-,15?/m1/s1. The summed E-state index contributed by atoms with van der Waals surface area (Å²) in [5.74, 6) is -0.145. The van der Waals surface area contributed by atoms with Gasteiger partial charge in [0.1, 0.15) is 6.04 Å². The first-order valence-electron chi connectivity index (χ1n) is 9.37. The fourth-order valence-corrected chi connectivity index (χ4v) is 3.40. The molecule has 7 nitrogen and oxygen atoms in total. The topological polar surface area (TPSA) is 76.1 Å². The zero-order valence-electron chi connectivity index (χ0n) is 16.1. The van der Waals surface area contributed by atoms with Crippen LogP contribution >= 0.6 is 0 Å². The number of nitrogens with zero attached hydrogens (tertiary/aromatic N) is 3. The number of urea groups is 1. The zero-order chi connectivity index (χ0) is 18.6. The Balaban J connectivity index is 1.87. The van der Waals surface area contributed by atoms with E-state index in [4.69, 9.17) is 0 Å². The molecule has 2 heterocycles. The number of hydrogen-bond donors (Lipinski definition) is 2. The highest BCUT2D eigenvalue weighted by atomic mass is 16.3. The molecule has 1 unspecified atom stereocenters. The largest absolute Gasteiger partial charge is 0.391 e. The van der Waals surface area contributed by atoms with Crippen molar-refractivity contribution < 1.29 is 14.7 Å². The predicted octanol–water partition coefficient (Wildman–Crippen LogP) is 0.732. The lowest BCUT2D eigenvalue weighted by molar-refractivity contribution is -0.125. The van der Waals surface area contributed by atoms with E-state index in [0.29, 0.717) is 26.1 Å². The van der Waals surface area contributed by atoms with Gasteiger partial charge in [-0.3, -0.25) is 4.79 Å². The van der Waals surface area contributed by atoms with E-state index in [-0.39, 0.29) is 23.9 Å². The van der Waals surface area contributed by atoms with Crippen molar-refractivity contribution in [3.05, 3.63) is 0 Å². The minimum atomic E-state index is -0.623. The van der Waals surface area contributed by atoms with Crippen LogP contribution in [0, 0.1) is 5.41 Å². The van der Waals surface area contributed by atoms with Crippen LogP contribution in [0.25, 0.3) is 0 Å². The molecule has 0 bridgehead atoms. The molecule has 2 fully saturated rings. The van der Waals surface area contributed by atoms with Gasteiger partial charge in [0.15, 0.2) is 0 Å². The van der Waals surface area contributed by atoms with E-state index in [2.05, 4.69) is 31.0 Å². The lowest BCUT2D eigenvalue weighted by atomic mass is 9.91. The van der Waals surface area contributed by atoms with Gasteiger partial charge in [0.05, 0.1) is 6.10 Å². The second kappa shape index (κ2) is 8.36. The molecular weight excluding hydrogens is 320 g/mol. The third kappa shape index (κ3) is 5.85. The number of carbonyl (C=O) groups is 2. The summed E-state index contributed by atoms with van der Waals surface area (Å²) in [7, 11) is 2.04. The number of hydrogen-bond acceptors (Lipinski definition) is 4. The fraction of sp³-hybridized carbons (Fsp3) is 0.889. The summed E-state index contributed by atoms with van der Waals surface area (Å²) < 4.78 is 0.